The molecule has 0 bridgehead atoms. The average molecular weight is 419 g/mol. The van der Waals surface area contributed by atoms with Gasteiger partial charge in [-0.25, -0.2) is 13.4 Å². The number of anilines is 3. The lowest BCUT2D eigenvalue weighted by molar-refractivity contribution is 0.607. The van der Waals surface area contributed by atoms with Crippen molar-refractivity contribution >= 4 is 27.1 Å². The number of benzene rings is 3. The van der Waals surface area contributed by atoms with Crippen molar-refractivity contribution in [1.82, 2.24) is 9.55 Å². The smallest absolute Gasteiger partial charge is 0.229 e. The summed E-state index contributed by atoms with van der Waals surface area (Å²) in [5.41, 5.74) is 5.59. The van der Waals surface area contributed by atoms with Crippen LogP contribution in [0.25, 0.3) is 16.8 Å². The van der Waals surface area contributed by atoms with Crippen LogP contribution in [-0.4, -0.2) is 24.2 Å². The number of imidazole rings is 1. The van der Waals surface area contributed by atoms with Crippen molar-refractivity contribution in [2.75, 3.05) is 16.3 Å². The monoisotopic (exact) mass is 418 g/mol. The number of hydrogen-bond acceptors (Lipinski definition) is 4. The quantitative estimate of drug-likeness (QED) is 0.464. The molecule has 0 amide bonds. The summed E-state index contributed by atoms with van der Waals surface area (Å²) in [5.74, 6) is 0.943. The minimum Gasteiger partial charge on any atom is -0.355 e. The molecule has 7 heteroatoms. The number of nitrogens with zero attached hydrogens (tertiary/aromatic N) is 2. The van der Waals surface area contributed by atoms with E-state index in [1.165, 1.54) is 0 Å². The number of hydrogen-bond donors (Lipinski definition) is 2. The number of rotatable bonds is 6. The summed E-state index contributed by atoms with van der Waals surface area (Å²) in [6.45, 7) is 1.98. The van der Waals surface area contributed by atoms with Crippen LogP contribution in [0.5, 0.6) is 0 Å². The third-order valence-corrected chi connectivity index (χ3v) is 5.28. The maximum Gasteiger partial charge on any atom is 0.229 e. The molecule has 1 aromatic heterocycles. The van der Waals surface area contributed by atoms with Gasteiger partial charge in [-0.3, -0.25) is 4.72 Å². The molecule has 0 aliphatic rings. The molecule has 0 spiro atoms. The molecule has 4 aromatic rings. The van der Waals surface area contributed by atoms with Crippen LogP contribution in [-0.2, 0) is 10.0 Å². The summed E-state index contributed by atoms with van der Waals surface area (Å²) in [7, 11) is -3.29. The largest absolute Gasteiger partial charge is 0.355 e. The lowest BCUT2D eigenvalue weighted by atomic mass is 10.0. The van der Waals surface area contributed by atoms with Crippen molar-refractivity contribution < 1.29 is 8.42 Å². The van der Waals surface area contributed by atoms with Gasteiger partial charge in [-0.05, 0) is 55.0 Å². The molecule has 0 aliphatic heterocycles. The minimum atomic E-state index is -3.29. The zero-order valence-corrected chi connectivity index (χ0v) is 17.5. The van der Waals surface area contributed by atoms with E-state index >= 15 is 0 Å². The molecule has 0 saturated carbocycles. The average Bonchev–Trinajstić information content (AvgIpc) is 3.15. The Morgan fingerprint density at radius 2 is 1.53 bits per heavy atom. The van der Waals surface area contributed by atoms with Crippen LogP contribution in [0, 0.1) is 6.92 Å². The molecule has 0 aliphatic carbocycles. The van der Waals surface area contributed by atoms with Gasteiger partial charge < -0.3 is 9.88 Å². The standard InChI is InChI=1S/C23H22N4O2S/c1-17-24-15-16-27(17)21-13-7-18(8-14-21)22-5-3-4-6-23(22)25-19-9-11-20(12-10-19)26-30(2,28)29/h3-16,25-26H,1-2H3. The second-order valence-corrected chi connectivity index (χ2v) is 8.76. The number of aromatic nitrogens is 2. The summed E-state index contributed by atoms with van der Waals surface area (Å²) in [6.07, 6.45) is 4.87. The van der Waals surface area contributed by atoms with Crippen molar-refractivity contribution in [3.63, 3.8) is 0 Å². The molecule has 0 atom stereocenters. The molecule has 4 rings (SSSR count). The Morgan fingerprint density at radius 1 is 0.867 bits per heavy atom. The highest BCUT2D eigenvalue weighted by molar-refractivity contribution is 7.92. The van der Waals surface area contributed by atoms with Gasteiger partial charge in [0.2, 0.25) is 10.0 Å². The van der Waals surface area contributed by atoms with E-state index in [1.807, 2.05) is 48.0 Å². The van der Waals surface area contributed by atoms with E-state index in [0.29, 0.717) is 5.69 Å². The predicted molar refractivity (Wildman–Crippen MR) is 122 cm³/mol. The maximum absolute atomic E-state index is 11.4. The zero-order chi connectivity index (χ0) is 21.1. The van der Waals surface area contributed by atoms with Crippen molar-refractivity contribution in [3.8, 4) is 16.8 Å². The van der Waals surface area contributed by atoms with Crippen molar-refractivity contribution in [3.05, 3.63) is 91.0 Å². The number of sulfonamides is 1. The van der Waals surface area contributed by atoms with Crippen LogP contribution in [0.4, 0.5) is 17.1 Å². The van der Waals surface area contributed by atoms with Gasteiger partial charge in [-0.15, -0.1) is 0 Å². The first-order valence-electron chi connectivity index (χ1n) is 9.44. The highest BCUT2D eigenvalue weighted by atomic mass is 32.2. The Bertz CT molecular complexity index is 1260. The topological polar surface area (TPSA) is 76.0 Å². The highest BCUT2D eigenvalue weighted by Gasteiger charge is 2.07. The van der Waals surface area contributed by atoms with Crippen LogP contribution in [0.1, 0.15) is 5.82 Å². The van der Waals surface area contributed by atoms with Gasteiger partial charge in [0.05, 0.1) is 6.26 Å². The van der Waals surface area contributed by atoms with Crippen LogP contribution >= 0.6 is 0 Å². The van der Waals surface area contributed by atoms with Gasteiger partial charge in [0.25, 0.3) is 0 Å². The van der Waals surface area contributed by atoms with Crippen LogP contribution in [0.3, 0.4) is 0 Å². The number of para-hydroxylation sites is 1. The fourth-order valence-corrected chi connectivity index (χ4v) is 3.85. The molecule has 0 radical (unpaired) electrons. The maximum atomic E-state index is 11.4. The minimum absolute atomic E-state index is 0.529. The van der Waals surface area contributed by atoms with E-state index in [9.17, 15) is 8.42 Å². The van der Waals surface area contributed by atoms with Crippen LogP contribution in [0.2, 0.25) is 0 Å². The Kier molecular flexibility index (Phi) is 5.29. The van der Waals surface area contributed by atoms with E-state index < -0.39 is 10.0 Å². The first-order chi connectivity index (χ1) is 14.4. The van der Waals surface area contributed by atoms with Gasteiger partial charge in [-0.2, -0.15) is 0 Å². The van der Waals surface area contributed by atoms with Crippen molar-refractivity contribution in [2.45, 2.75) is 6.92 Å². The molecule has 1 heterocycles. The number of aryl methyl sites for hydroxylation is 1. The molecule has 0 unspecified atom stereocenters. The van der Waals surface area contributed by atoms with E-state index in [4.69, 9.17) is 0 Å². The predicted octanol–water partition coefficient (Wildman–Crippen LogP) is 4.96. The fraction of sp³-hybridized carbons (Fsp3) is 0.0870. The molecule has 30 heavy (non-hydrogen) atoms. The van der Waals surface area contributed by atoms with E-state index in [1.54, 1.807) is 18.3 Å². The Hall–Kier alpha value is -3.58. The van der Waals surface area contributed by atoms with Crippen molar-refractivity contribution in [1.29, 1.82) is 0 Å². The molecule has 0 fully saturated rings. The second-order valence-electron chi connectivity index (χ2n) is 7.01. The van der Waals surface area contributed by atoms with Crippen LogP contribution in [0.15, 0.2) is 85.2 Å². The van der Waals surface area contributed by atoms with E-state index in [2.05, 4.69) is 45.4 Å². The fourth-order valence-electron chi connectivity index (χ4n) is 3.29. The van der Waals surface area contributed by atoms with Crippen molar-refractivity contribution in [2.24, 2.45) is 0 Å². The Morgan fingerprint density at radius 3 is 2.17 bits per heavy atom. The molecule has 3 aromatic carbocycles. The molecular weight excluding hydrogens is 396 g/mol. The summed E-state index contributed by atoms with van der Waals surface area (Å²) >= 11 is 0. The Labute approximate surface area is 176 Å². The molecule has 2 N–H and O–H groups in total. The van der Waals surface area contributed by atoms with Gasteiger partial charge in [0, 0.05) is 40.7 Å². The summed E-state index contributed by atoms with van der Waals surface area (Å²) in [6, 6.07) is 23.6. The molecule has 0 saturated heterocycles. The normalized spacial score (nSPS) is 11.3. The first kappa shape index (κ1) is 19.7. The molecule has 6 nitrogen and oxygen atoms in total. The second kappa shape index (κ2) is 8.04. The number of nitrogens with one attached hydrogen (secondary N) is 2. The summed E-state index contributed by atoms with van der Waals surface area (Å²) in [4.78, 5) is 4.28. The van der Waals surface area contributed by atoms with Gasteiger partial charge in [-0.1, -0.05) is 30.3 Å². The van der Waals surface area contributed by atoms with Crippen LogP contribution < -0.4 is 10.0 Å². The lowest BCUT2D eigenvalue weighted by Gasteiger charge is -2.14. The van der Waals surface area contributed by atoms with Gasteiger partial charge in [0.1, 0.15) is 5.82 Å². The molecule has 152 valence electrons. The van der Waals surface area contributed by atoms with E-state index in [0.717, 1.165) is 40.3 Å². The SMILES string of the molecule is Cc1nccn1-c1ccc(-c2ccccc2Nc2ccc(NS(C)(=O)=O)cc2)cc1. The summed E-state index contributed by atoms with van der Waals surface area (Å²) < 4.78 is 27.2. The lowest BCUT2D eigenvalue weighted by Crippen LogP contribution is -2.09. The Balaban J connectivity index is 1.58. The zero-order valence-electron chi connectivity index (χ0n) is 16.7. The third kappa shape index (κ3) is 4.52. The highest BCUT2D eigenvalue weighted by Crippen LogP contribution is 2.31. The van der Waals surface area contributed by atoms with Gasteiger partial charge in [0.15, 0.2) is 0 Å². The third-order valence-electron chi connectivity index (χ3n) is 4.68. The van der Waals surface area contributed by atoms with E-state index in [-0.39, 0.29) is 0 Å². The first-order valence-corrected chi connectivity index (χ1v) is 11.3. The molecular formula is C23H22N4O2S. The summed E-state index contributed by atoms with van der Waals surface area (Å²) in [5, 5.41) is 3.42. The van der Waals surface area contributed by atoms with Gasteiger partial charge >= 0.3 is 0 Å².